The minimum Gasteiger partial charge on any atom is -0.381 e. The summed E-state index contributed by atoms with van der Waals surface area (Å²) in [6.07, 6.45) is 5.44. The molecule has 2 fully saturated rings. The van der Waals surface area contributed by atoms with Gasteiger partial charge in [0.15, 0.2) is 0 Å². The van der Waals surface area contributed by atoms with Crippen LogP contribution in [0.5, 0.6) is 0 Å². The highest BCUT2D eigenvalue weighted by Gasteiger charge is 2.31. The summed E-state index contributed by atoms with van der Waals surface area (Å²) in [7, 11) is 0. The number of rotatable bonds is 5. The van der Waals surface area contributed by atoms with Crippen LogP contribution in [0.2, 0.25) is 0 Å². The van der Waals surface area contributed by atoms with Crippen molar-refractivity contribution in [1.82, 2.24) is 14.3 Å². The van der Waals surface area contributed by atoms with Crippen LogP contribution >= 0.6 is 0 Å². The van der Waals surface area contributed by atoms with Crippen LogP contribution < -0.4 is 5.56 Å². The van der Waals surface area contributed by atoms with Crippen LogP contribution in [0.3, 0.4) is 0 Å². The molecule has 1 saturated carbocycles. The predicted octanol–water partition coefficient (Wildman–Crippen LogP) is 1.70. The van der Waals surface area contributed by atoms with E-state index in [0.29, 0.717) is 12.0 Å². The minimum atomic E-state index is 0.000506. The molecular weight excluding hydrogens is 278 g/mol. The predicted molar refractivity (Wildman–Crippen MR) is 83.8 cm³/mol. The van der Waals surface area contributed by atoms with Crippen molar-refractivity contribution in [2.24, 2.45) is 5.92 Å². The van der Waals surface area contributed by atoms with Crippen molar-refractivity contribution in [3.63, 3.8) is 0 Å². The highest BCUT2D eigenvalue weighted by molar-refractivity contribution is 5.38. The monoisotopic (exact) mass is 299 g/mol. The Bertz CT molecular complexity index is 717. The summed E-state index contributed by atoms with van der Waals surface area (Å²) in [6, 6.07) is 7.99. The van der Waals surface area contributed by atoms with Gasteiger partial charge >= 0.3 is 0 Å². The Morgan fingerprint density at radius 1 is 1.32 bits per heavy atom. The van der Waals surface area contributed by atoms with Gasteiger partial charge < -0.3 is 4.74 Å². The smallest absolute Gasteiger partial charge is 0.258 e. The van der Waals surface area contributed by atoms with E-state index in [-0.39, 0.29) is 5.56 Å². The van der Waals surface area contributed by atoms with Gasteiger partial charge in [-0.1, -0.05) is 6.07 Å². The van der Waals surface area contributed by atoms with E-state index in [1.165, 1.54) is 12.8 Å². The lowest BCUT2D eigenvalue weighted by atomic mass is 10.1. The van der Waals surface area contributed by atoms with Crippen LogP contribution in [0.25, 0.3) is 5.65 Å². The van der Waals surface area contributed by atoms with Crippen molar-refractivity contribution >= 4 is 5.65 Å². The first kappa shape index (κ1) is 13.9. The van der Waals surface area contributed by atoms with Crippen LogP contribution in [-0.4, -0.2) is 40.1 Å². The molecule has 2 aromatic rings. The molecule has 5 heteroatoms. The molecule has 0 amide bonds. The van der Waals surface area contributed by atoms with Crippen molar-refractivity contribution in [3.8, 4) is 0 Å². The highest BCUT2D eigenvalue weighted by Crippen LogP contribution is 2.30. The third-order valence-electron chi connectivity index (χ3n) is 4.57. The molecular formula is C17H21N3O2. The summed E-state index contributed by atoms with van der Waals surface area (Å²) < 4.78 is 7.08. The summed E-state index contributed by atoms with van der Waals surface area (Å²) in [6.45, 7) is 3.58. The number of ether oxygens (including phenoxy) is 1. The number of hydrogen-bond donors (Lipinski definition) is 0. The van der Waals surface area contributed by atoms with Crippen LogP contribution in [0.1, 0.15) is 25.0 Å². The minimum absolute atomic E-state index is 0.000506. The molecule has 0 spiro atoms. The Kier molecular flexibility index (Phi) is 3.68. The fourth-order valence-electron chi connectivity index (χ4n) is 3.23. The number of pyridine rings is 1. The van der Waals surface area contributed by atoms with Crippen molar-refractivity contribution in [3.05, 3.63) is 46.5 Å². The number of aromatic nitrogens is 2. The zero-order chi connectivity index (χ0) is 14.9. The van der Waals surface area contributed by atoms with Crippen molar-refractivity contribution < 1.29 is 4.74 Å². The average molecular weight is 299 g/mol. The lowest BCUT2D eigenvalue weighted by Crippen LogP contribution is -2.32. The Morgan fingerprint density at radius 3 is 3.00 bits per heavy atom. The van der Waals surface area contributed by atoms with Gasteiger partial charge in [0, 0.05) is 38.0 Å². The van der Waals surface area contributed by atoms with E-state index in [1.807, 2.05) is 18.2 Å². The molecule has 0 aromatic carbocycles. The second kappa shape index (κ2) is 5.82. The third kappa shape index (κ3) is 2.91. The molecule has 116 valence electrons. The zero-order valence-corrected chi connectivity index (χ0v) is 12.6. The SMILES string of the molecule is O=c1cc(CN(CC2CCOC2)C2CC2)nc2ccccn12. The summed E-state index contributed by atoms with van der Waals surface area (Å²) in [4.78, 5) is 19.3. The lowest BCUT2D eigenvalue weighted by molar-refractivity contribution is 0.161. The van der Waals surface area contributed by atoms with Gasteiger partial charge in [0.05, 0.1) is 12.3 Å². The molecule has 1 unspecified atom stereocenters. The number of hydrogen-bond acceptors (Lipinski definition) is 4. The molecule has 1 aliphatic carbocycles. The average Bonchev–Trinajstić information content (AvgIpc) is 3.25. The summed E-state index contributed by atoms with van der Waals surface area (Å²) in [5, 5.41) is 0. The maximum atomic E-state index is 12.2. The second-order valence-electron chi connectivity index (χ2n) is 6.40. The van der Waals surface area contributed by atoms with E-state index < -0.39 is 0 Å². The normalized spacial score (nSPS) is 21.8. The molecule has 22 heavy (non-hydrogen) atoms. The first-order valence-corrected chi connectivity index (χ1v) is 8.09. The van der Waals surface area contributed by atoms with E-state index in [2.05, 4.69) is 9.88 Å². The molecule has 1 aliphatic heterocycles. The molecule has 0 N–H and O–H groups in total. The summed E-state index contributed by atoms with van der Waals surface area (Å²) in [5.74, 6) is 0.627. The Labute approximate surface area is 129 Å². The first-order valence-electron chi connectivity index (χ1n) is 8.09. The van der Waals surface area contributed by atoms with Gasteiger partial charge in [-0.05, 0) is 37.3 Å². The molecule has 0 bridgehead atoms. The van der Waals surface area contributed by atoms with Crippen LogP contribution in [0.4, 0.5) is 0 Å². The number of nitrogens with zero attached hydrogens (tertiary/aromatic N) is 3. The van der Waals surface area contributed by atoms with Gasteiger partial charge in [-0.15, -0.1) is 0 Å². The van der Waals surface area contributed by atoms with E-state index >= 15 is 0 Å². The van der Waals surface area contributed by atoms with Crippen LogP contribution in [-0.2, 0) is 11.3 Å². The maximum Gasteiger partial charge on any atom is 0.258 e. The lowest BCUT2D eigenvalue weighted by Gasteiger charge is -2.24. The second-order valence-corrected chi connectivity index (χ2v) is 6.40. The van der Waals surface area contributed by atoms with Gasteiger partial charge in [0.1, 0.15) is 5.65 Å². The van der Waals surface area contributed by atoms with E-state index in [9.17, 15) is 4.79 Å². The summed E-state index contributed by atoms with van der Waals surface area (Å²) in [5.41, 5.74) is 1.60. The highest BCUT2D eigenvalue weighted by atomic mass is 16.5. The molecule has 0 radical (unpaired) electrons. The van der Waals surface area contributed by atoms with Gasteiger partial charge in [-0.25, -0.2) is 4.98 Å². The molecule has 1 saturated heterocycles. The van der Waals surface area contributed by atoms with Crippen molar-refractivity contribution in [2.75, 3.05) is 19.8 Å². The van der Waals surface area contributed by atoms with E-state index in [0.717, 1.165) is 44.1 Å². The van der Waals surface area contributed by atoms with Crippen LogP contribution in [0.15, 0.2) is 35.3 Å². The van der Waals surface area contributed by atoms with Gasteiger partial charge in [-0.2, -0.15) is 0 Å². The van der Waals surface area contributed by atoms with Crippen molar-refractivity contribution in [2.45, 2.75) is 31.8 Å². The standard InChI is InChI=1S/C17H21N3O2/c21-17-9-14(18-16-3-1-2-7-20(16)17)11-19(15-4-5-15)10-13-6-8-22-12-13/h1-3,7,9,13,15H,4-6,8,10-12H2. The molecule has 5 nitrogen and oxygen atoms in total. The Morgan fingerprint density at radius 2 is 2.23 bits per heavy atom. The van der Waals surface area contributed by atoms with Crippen LogP contribution in [0, 0.1) is 5.92 Å². The van der Waals surface area contributed by atoms with E-state index in [1.54, 1.807) is 16.7 Å². The number of fused-ring (bicyclic) bond motifs is 1. The maximum absolute atomic E-state index is 12.2. The van der Waals surface area contributed by atoms with Gasteiger partial charge in [-0.3, -0.25) is 14.1 Å². The third-order valence-corrected chi connectivity index (χ3v) is 4.57. The van der Waals surface area contributed by atoms with Gasteiger partial charge in [0.25, 0.3) is 5.56 Å². The van der Waals surface area contributed by atoms with Crippen molar-refractivity contribution in [1.29, 1.82) is 0 Å². The molecule has 2 aromatic heterocycles. The molecule has 2 aliphatic rings. The largest absolute Gasteiger partial charge is 0.381 e. The zero-order valence-electron chi connectivity index (χ0n) is 12.6. The van der Waals surface area contributed by atoms with Gasteiger partial charge in [0.2, 0.25) is 0 Å². The fraction of sp³-hybridized carbons (Fsp3) is 0.529. The Balaban J connectivity index is 1.56. The quantitative estimate of drug-likeness (QED) is 0.843. The molecule has 1 atom stereocenters. The molecule has 3 heterocycles. The summed E-state index contributed by atoms with van der Waals surface area (Å²) >= 11 is 0. The Hall–Kier alpha value is -1.72. The molecule has 4 rings (SSSR count). The van der Waals surface area contributed by atoms with E-state index in [4.69, 9.17) is 4.74 Å². The fourth-order valence-corrected chi connectivity index (χ4v) is 3.23. The topological polar surface area (TPSA) is 46.8 Å². The first-order chi connectivity index (χ1) is 10.8.